The molecule has 36 heavy (non-hydrogen) atoms. The molecule has 1 aromatic heterocycles. The minimum Gasteiger partial charge on any atom is -0.493 e. The van der Waals surface area contributed by atoms with Crippen molar-refractivity contribution in [1.29, 1.82) is 0 Å². The van der Waals surface area contributed by atoms with Crippen molar-refractivity contribution >= 4 is 29.1 Å². The number of anilines is 1. The second-order valence-electron chi connectivity index (χ2n) is 8.48. The van der Waals surface area contributed by atoms with Crippen LogP contribution in [0.2, 0.25) is 5.02 Å². The molecule has 0 saturated heterocycles. The van der Waals surface area contributed by atoms with E-state index in [1.54, 1.807) is 48.5 Å². The lowest BCUT2D eigenvalue weighted by Crippen LogP contribution is -2.46. The first-order valence-electron chi connectivity index (χ1n) is 11.7. The van der Waals surface area contributed by atoms with Crippen LogP contribution in [-0.4, -0.2) is 39.2 Å². The Morgan fingerprint density at radius 2 is 1.64 bits per heavy atom. The van der Waals surface area contributed by atoms with Crippen LogP contribution >= 0.6 is 11.6 Å². The number of carbonyl (C=O) groups excluding carboxylic acids is 2. The summed E-state index contributed by atoms with van der Waals surface area (Å²) in [5.74, 6) is 0.401. The van der Waals surface area contributed by atoms with Gasteiger partial charge in [-0.25, -0.2) is 0 Å². The molecule has 1 N–H and O–H groups in total. The van der Waals surface area contributed by atoms with Crippen molar-refractivity contribution in [2.24, 2.45) is 0 Å². The molecule has 9 heteroatoms. The smallest absolute Gasteiger partial charge is 0.294 e. The molecule has 1 heterocycles. The van der Waals surface area contributed by atoms with Crippen LogP contribution in [-0.2, 0) is 4.79 Å². The number of nitrogens with zero attached hydrogens (tertiary/aromatic N) is 1. The maximum atomic E-state index is 13.9. The lowest BCUT2D eigenvalue weighted by Gasteiger charge is -2.32. The van der Waals surface area contributed by atoms with Crippen LogP contribution in [0.15, 0.2) is 59.2 Å². The first-order chi connectivity index (χ1) is 17.5. The topological polar surface area (TPSA) is 90.2 Å². The summed E-state index contributed by atoms with van der Waals surface area (Å²) in [5.41, 5.74) is 0.955. The van der Waals surface area contributed by atoms with E-state index in [0.717, 1.165) is 25.7 Å². The number of hydrogen-bond acceptors (Lipinski definition) is 6. The summed E-state index contributed by atoms with van der Waals surface area (Å²) in [4.78, 5) is 29.1. The van der Waals surface area contributed by atoms with Crippen LogP contribution in [0, 0.1) is 0 Å². The molecule has 0 radical (unpaired) electrons. The van der Waals surface area contributed by atoms with E-state index in [1.165, 1.54) is 32.5 Å². The van der Waals surface area contributed by atoms with Crippen LogP contribution in [0.1, 0.15) is 47.8 Å². The minimum atomic E-state index is -1.07. The normalized spacial score (nSPS) is 14.2. The third kappa shape index (κ3) is 5.28. The van der Waals surface area contributed by atoms with E-state index < -0.39 is 11.9 Å². The number of hydrogen-bond donors (Lipinski definition) is 1. The molecule has 1 saturated carbocycles. The number of ether oxygens (including phenoxy) is 3. The van der Waals surface area contributed by atoms with Gasteiger partial charge >= 0.3 is 0 Å². The van der Waals surface area contributed by atoms with Gasteiger partial charge in [0.1, 0.15) is 6.04 Å². The highest BCUT2D eigenvalue weighted by Crippen LogP contribution is 2.42. The first-order valence-corrected chi connectivity index (χ1v) is 12.1. The Bertz CT molecular complexity index is 1160. The largest absolute Gasteiger partial charge is 0.493 e. The average molecular weight is 513 g/mol. The van der Waals surface area contributed by atoms with Gasteiger partial charge < -0.3 is 23.9 Å². The SMILES string of the molecule is COc1cc([C@H](C(=O)NC2CCCC2)N(C(=O)c2ccco2)c2ccc(Cl)cc2)cc(OC)c1OC. The summed E-state index contributed by atoms with van der Waals surface area (Å²) in [6.45, 7) is 0. The van der Waals surface area contributed by atoms with Gasteiger partial charge in [-0.05, 0) is 66.9 Å². The zero-order valence-corrected chi connectivity index (χ0v) is 21.2. The highest BCUT2D eigenvalue weighted by atomic mass is 35.5. The molecule has 3 aromatic rings. The molecule has 1 aliphatic rings. The Morgan fingerprint density at radius 1 is 1.00 bits per heavy atom. The maximum absolute atomic E-state index is 13.9. The van der Waals surface area contributed by atoms with Gasteiger partial charge in [0.25, 0.3) is 5.91 Å². The molecule has 0 spiro atoms. The Hall–Kier alpha value is -3.65. The molecule has 190 valence electrons. The lowest BCUT2D eigenvalue weighted by atomic mass is 10.0. The van der Waals surface area contributed by atoms with Crippen molar-refractivity contribution < 1.29 is 28.2 Å². The van der Waals surface area contributed by atoms with E-state index in [4.69, 9.17) is 30.2 Å². The third-order valence-corrected chi connectivity index (χ3v) is 6.52. The van der Waals surface area contributed by atoms with Gasteiger partial charge in [0.15, 0.2) is 17.3 Å². The van der Waals surface area contributed by atoms with E-state index in [9.17, 15) is 9.59 Å². The number of nitrogens with one attached hydrogen (secondary N) is 1. The van der Waals surface area contributed by atoms with Crippen molar-refractivity contribution in [3.8, 4) is 17.2 Å². The van der Waals surface area contributed by atoms with Gasteiger partial charge in [-0.1, -0.05) is 24.4 Å². The van der Waals surface area contributed by atoms with Crippen LogP contribution in [0.4, 0.5) is 5.69 Å². The molecule has 0 bridgehead atoms. The van der Waals surface area contributed by atoms with E-state index >= 15 is 0 Å². The predicted octanol–water partition coefficient (Wildman–Crippen LogP) is 5.41. The fourth-order valence-electron chi connectivity index (χ4n) is 4.53. The molecule has 2 amide bonds. The third-order valence-electron chi connectivity index (χ3n) is 6.27. The molecule has 0 unspecified atom stereocenters. The summed E-state index contributed by atoms with van der Waals surface area (Å²) < 4.78 is 22.0. The Balaban J connectivity index is 1.89. The second-order valence-corrected chi connectivity index (χ2v) is 8.92. The van der Waals surface area contributed by atoms with Gasteiger partial charge in [-0.2, -0.15) is 0 Å². The summed E-state index contributed by atoms with van der Waals surface area (Å²) in [6, 6.07) is 12.2. The monoisotopic (exact) mass is 512 g/mol. The summed E-state index contributed by atoms with van der Waals surface area (Å²) in [5, 5.41) is 3.64. The van der Waals surface area contributed by atoms with Crippen LogP contribution in [0.3, 0.4) is 0 Å². The van der Waals surface area contributed by atoms with Crippen molar-refractivity contribution in [3.63, 3.8) is 0 Å². The van der Waals surface area contributed by atoms with Gasteiger partial charge in [-0.15, -0.1) is 0 Å². The zero-order chi connectivity index (χ0) is 25.7. The molecule has 4 rings (SSSR count). The molecule has 2 aromatic carbocycles. The van der Waals surface area contributed by atoms with E-state index in [1.807, 2.05) is 0 Å². The fourth-order valence-corrected chi connectivity index (χ4v) is 4.66. The molecule has 0 aliphatic heterocycles. The van der Waals surface area contributed by atoms with Crippen molar-refractivity contribution in [2.75, 3.05) is 26.2 Å². The fraction of sp³-hybridized carbons (Fsp3) is 0.333. The Labute approximate surface area is 215 Å². The highest BCUT2D eigenvalue weighted by Gasteiger charge is 2.37. The van der Waals surface area contributed by atoms with Gasteiger partial charge in [0.05, 0.1) is 27.6 Å². The molecule has 1 fully saturated rings. The summed E-state index contributed by atoms with van der Waals surface area (Å²) in [6.07, 6.45) is 5.29. The first kappa shape index (κ1) is 25.4. The molecule has 8 nitrogen and oxygen atoms in total. The number of rotatable bonds is 9. The average Bonchev–Trinajstić information content (AvgIpc) is 3.61. The van der Waals surface area contributed by atoms with Crippen molar-refractivity contribution in [1.82, 2.24) is 5.32 Å². The molecular weight excluding hydrogens is 484 g/mol. The standard InChI is InChI=1S/C27H29ClN2O6/c1-33-22-15-17(16-23(34-2)25(22)35-3)24(26(31)29-19-7-4-5-8-19)30(20-12-10-18(28)11-13-20)27(32)21-9-6-14-36-21/h6,9-16,19,24H,4-5,7-8H2,1-3H3,(H,29,31)/t24-/m1/s1. The quantitative estimate of drug-likeness (QED) is 0.412. The Morgan fingerprint density at radius 3 is 2.17 bits per heavy atom. The molecular formula is C27H29ClN2O6. The second kappa shape index (κ2) is 11.4. The van der Waals surface area contributed by atoms with Crippen LogP contribution < -0.4 is 24.4 Å². The van der Waals surface area contributed by atoms with Gasteiger partial charge in [-0.3, -0.25) is 14.5 Å². The molecule has 1 aliphatic carbocycles. The number of carbonyl (C=O) groups is 2. The predicted molar refractivity (Wildman–Crippen MR) is 136 cm³/mol. The van der Waals surface area contributed by atoms with Crippen molar-refractivity contribution in [2.45, 2.75) is 37.8 Å². The Kier molecular flexibility index (Phi) is 8.05. The number of amides is 2. The number of furan rings is 1. The summed E-state index contributed by atoms with van der Waals surface area (Å²) in [7, 11) is 4.50. The van der Waals surface area contributed by atoms with Crippen molar-refractivity contribution in [3.05, 3.63) is 71.1 Å². The van der Waals surface area contributed by atoms with Crippen LogP contribution in [0.5, 0.6) is 17.2 Å². The van der Waals surface area contributed by atoms with E-state index in [-0.39, 0.29) is 17.7 Å². The highest BCUT2D eigenvalue weighted by molar-refractivity contribution is 6.30. The number of methoxy groups -OCH3 is 3. The van der Waals surface area contributed by atoms with Gasteiger partial charge in [0, 0.05) is 16.8 Å². The number of halogens is 1. The van der Waals surface area contributed by atoms with Crippen LogP contribution in [0.25, 0.3) is 0 Å². The zero-order valence-electron chi connectivity index (χ0n) is 20.5. The van der Waals surface area contributed by atoms with Gasteiger partial charge in [0.2, 0.25) is 11.7 Å². The maximum Gasteiger partial charge on any atom is 0.294 e. The number of benzene rings is 2. The van der Waals surface area contributed by atoms with E-state index in [2.05, 4.69) is 5.32 Å². The minimum absolute atomic E-state index is 0.0350. The molecule has 1 atom stereocenters. The summed E-state index contributed by atoms with van der Waals surface area (Å²) >= 11 is 6.13. The lowest BCUT2D eigenvalue weighted by molar-refractivity contribution is -0.123. The van der Waals surface area contributed by atoms with E-state index in [0.29, 0.717) is 33.5 Å².